The number of nitrogens with zero attached hydrogens (tertiary/aromatic N) is 1. The van der Waals surface area contributed by atoms with E-state index in [1.54, 1.807) is 0 Å². The molecule has 1 unspecified atom stereocenters. The molecule has 0 N–H and O–H groups in total. The van der Waals surface area contributed by atoms with E-state index in [-0.39, 0.29) is 0 Å². The van der Waals surface area contributed by atoms with Crippen LogP contribution < -0.4 is 0 Å². The van der Waals surface area contributed by atoms with E-state index < -0.39 is 0 Å². The number of ether oxygens (including phenoxy) is 1. The minimum absolute atomic E-state index is 0.355. The fourth-order valence-corrected chi connectivity index (χ4v) is 2.91. The van der Waals surface area contributed by atoms with E-state index in [4.69, 9.17) is 4.74 Å². The predicted octanol–water partition coefficient (Wildman–Crippen LogP) is 2.43. The number of likely N-dealkylation sites (tertiary alicyclic amines) is 1. The molecular formula is C12H23NO. The van der Waals surface area contributed by atoms with Gasteiger partial charge in [0, 0.05) is 17.6 Å². The third-order valence-corrected chi connectivity index (χ3v) is 3.83. The Morgan fingerprint density at radius 1 is 1.14 bits per heavy atom. The molecule has 2 fully saturated rings. The Morgan fingerprint density at radius 3 is 2.07 bits per heavy atom. The zero-order valence-electron chi connectivity index (χ0n) is 9.97. The number of piperidine rings is 1. The van der Waals surface area contributed by atoms with Gasteiger partial charge >= 0.3 is 0 Å². The molecule has 2 saturated heterocycles. The second kappa shape index (κ2) is 3.21. The zero-order valence-corrected chi connectivity index (χ0v) is 9.97. The van der Waals surface area contributed by atoms with Crippen LogP contribution in [0.2, 0.25) is 0 Å². The first-order chi connectivity index (χ1) is 6.42. The molecule has 2 aliphatic heterocycles. The van der Waals surface area contributed by atoms with Gasteiger partial charge in [-0.05, 0) is 47.0 Å². The van der Waals surface area contributed by atoms with Gasteiger partial charge in [-0.25, -0.2) is 0 Å². The molecule has 0 aromatic heterocycles. The highest BCUT2D eigenvalue weighted by atomic mass is 16.6. The quantitative estimate of drug-likeness (QED) is 0.632. The van der Waals surface area contributed by atoms with Crippen LogP contribution in [-0.4, -0.2) is 35.2 Å². The van der Waals surface area contributed by atoms with Crippen LogP contribution in [-0.2, 0) is 4.74 Å². The molecule has 0 radical (unpaired) electrons. The van der Waals surface area contributed by atoms with Crippen LogP contribution in [0.1, 0.15) is 47.0 Å². The van der Waals surface area contributed by atoms with Gasteiger partial charge in [-0.3, -0.25) is 4.90 Å². The average molecular weight is 197 g/mol. The Kier molecular flexibility index (Phi) is 2.39. The van der Waals surface area contributed by atoms with Gasteiger partial charge in [0.05, 0.1) is 12.7 Å². The highest BCUT2D eigenvalue weighted by Crippen LogP contribution is 2.38. The first-order valence-electron chi connectivity index (χ1n) is 5.81. The maximum atomic E-state index is 5.36. The molecule has 2 heteroatoms. The Morgan fingerprint density at radius 2 is 1.64 bits per heavy atom. The van der Waals surface area contributed by atoms with Crippen LogP contribution in [0, 0.1) is 0 Å². The Hall–Kier alpha value is -0.0800. The van der Waals surface area contributed by atoms with Crippen molar-refractivity contribution in [3.8, 4) is 0 Å². The topological polar surface area (TPSA) is 15.8 Å². The SMILES string of the molecule is CC1(C)CCCC(C)(C)N1CC1CO1. The van der Waals surface area contributed by atoms with E-state index in [0.717, 1.165) is 13.2 Å². The minimum Gasteiger partial charge on any atom is -0.372 e. The summed E-state index contributed by atoms with van der Waals surface area (Å²) in [7, 11) is 0. The van der Waals surface area contributed by atoms with Crippen LogP contribution in [0.15, 0.2) is 0 Å². The standard InChI is InChI=1S/C12H23NO/c1-11(2)6-5-7-12(3,4)13(11)8-10-9-14-10/h10H,5-9H2,1-4H3. The van der Waals surface area contributed by atoms with Crippen molar-refractivity contribution in [1.82, 2.24) is 4.90 Å². The van der Waals surface area contributed by atoms with Crippen molar-refractivity contribution in [3.05, 3.63) is 0 Å². The second-order valence-corrected chi connectivity index (χ2v) is 6.04. The average Bonchev–Trinajstić information content (AvgIpc) is 2.79. The van der Waals surface area contributed by atoms with E-state index in [1.165, 1.54) is 19.3 Å². The van der Waals surface area contributed by atoms with Crippen molar-refractivity contribution in [2.24, 2.45) is 0 Å². The van der Waals surface area contributed by atoms with Crippen LogP contribution in [0.5, 0.6) is 0 Å². The Bertz CT molecular complexity index is 202. The molecule has 14 heavy (non-hydrogen) atoms. The maximum absolute atomic E-state index is 5.36. The molecule has 0 spiro atoms. The van der Waals surface area contributed by atoms with Gasteiger partial charge in [0.2, 0.25) is 0 Å². The summed E-state index contributed by atoms with van der Waals surface area (Å²) < 4.78 is 5.36. The van der Waals surface area contributed by atoms with Gasteiger partial charge in [-0.15, -0.1) is 0 Å². The highest BCUT2D eigenvalue weighted by molar-refractivity contribution is 4.98. The lowest BCUT2D eigenvalue weighted by Crippen LogP contribution is -2.59. The lowest BCUT2D eigenvalue weighted by molar-refractivity contribution is -0.0308. The monoisotopic (exact) mass is 197 g/mol. The summed E-state index contributed by atoms with van der Waals surface area (Å²) in [6.45, 7) is 11.6. The van der Waals surface area contributed by atoms with Gasteiger partial charge in [0.25, 0.3) is 0 Å². The molecule has 1 atom stereocenters. The van der Waals surface area contributed by atoms with E-state index in [1.807, 2.05) is 0 Å². The fourth-order valence-electron chi connectivity index (χ4n) is 2.91. The molecule has 0 aliphatic carbocycles. The lowest BCUT2D eigenvalue weighted by atomic mass is 9.80. The van der Waals surface area contributed by atoms with Gasteiger partial charge < -0.3 is 4.74 Å². The molecule has 2 heterocycles. The normalized spacial score (nSPS) is 35.6. The molecule has 0 aromatic carbocycles. The third-order valence-electron chi connectivity index (χ3n) is 3.83. The maximum Gasteiger partial charge on any atom is 0.0936 e. The van der Waals surface area contributed by atoms with E-state index in [9.17, 15) is 0 Å². The first kappa shape index (κ1) is 10.4. The van der Waals surface area contributed by atoms with Gasteiger partial charge in [-0.2, -0.15) is 0 Å². The Labute approximate surface area is 87.6 Å². The summed E-state index contributed by atoms with van der Waals surface area (Å²) in [5.74, 6) is 0. The first-order valence-corrected chi connectivity index (χ1v) is 5.81. The number of epoxide rings is 1. The number of hydrogen-bond donors (Lipinski definition) is 0. The van der Waals surface area contributed by atoms with E-state index >= 15 is 0 Å². The van der Waals surface area contributed by atoms with Crippen LogP contribution in [0.3, 0.4) is 0 Å². The van der Waals surface area contributed by atoms with Crippen molar-refractivity contribution in [2.45, 2.75) is 64.1 Å². The zero-order chi connectivity index (χ0) is 10.4. The van der Waals surface area contributed by atoms with Gasteiger partial charge in [0.1, 0.15) is 0 Å². The summed E-state index contributed by atoms with van der Waals surface area (Å²) in [5, 5.41) is 0. The van der Waals surface area contributed by atoms with Gasteiger partial charge in [0.15, 0.2) is 0 Å². The summed E-state index contributed by atoms with van der Waals surface area (Å²) in [4.78, 5) is 2.65. The summed E-state index contributed by atoms with van der Waals surface area (Å²) >= 11 is 0. The molecular weight excluding hydrogens is 174 g/mol. The number of hydrogen-bond acceptors (Lipinski definition) is 2. The fraction of sp³-hybridized carbons (Fsp3) is 1.00. The molecule has 2 nitrogen and oxygen atoms in total. The molecule has 0 bridgehead atoms. The van der Waals surface area contributed by atoms with Crippen molar-refractivity contribution in [1.29, 1.82) is 0 Å². The molecule has 0 aromatic rings. The Balaban J connectivity index is 2.10. The van der Waals surface area contributed by atoms with Crippen LogP contribution in [0.4, 0.5) is 0 Å². The van der Waals surface area contributed by atoms with Crippen molar-refractivity contribution in [2.75, 3.05) is 13.2 Å². The molecule has 82 valence electrons. The summed E-state index contributed by atoms with van der Waals surface area (Å²) in [5.41, 5.74) is 0.710. The van der Waals surface area contributed by atoms with E-state index in [2.05, 4.69) is 32.6 Å². The van der Waals surface area contributed by atoms with Crippen molar-refractivity contribution < 1.29 is 4.74 Å². The summed E-state index contributed by atoms with van der Waals surface area (Å²) in [6, 6.07) is 0. The largest absolute Gasteiger partial charge is 0.372 e. The second-order valence-electron chi connectivity index (χ2n) is 6.04. The van der Waals surface area contributed by atoms with E-state index in [0.29, 0.717) is 17.2 Å². The highest BCUT2D eigenvalue weighted by Gasteiger charge is 2.43. The smallest absolute Gasteiger partial charge is 0.0936 e. The summed E-state index contributed by atoms with van der Waals surface area (Å²) in [6.07, 6.45) is 4.53. The van der Waals surface area contributed by atoms with Crippen molar-refractivity contribution in [3.63, 3.8) is 0 Å². The lowest BCUT2D eigenvalue weighted by Gasteiger charge is -2.53. The molecule has 0 amide bonds. The van der Waals surface area contributed by atoms with Crippen molar-refractivity contribution >= 4 is 0 Å². The molecule has 2 aliphatic rings. The van der Waals surface area contributed by atoms with Crippen LogP contribution >= 0.6 is 0 Å². The molecule has 0 saturated carbocycles. The number of rotatable bonds is 2. The third kappa shape index (κ3) is 1.96. The molecule has 2 rings (SSSR count). The minimum atomic E-state index is 0.355. The van der Waals surface area contributed by atoms with Gasteiger partial charge in [-0.1, -0.05) is 0 Å². The predicted molar refractivity (Wildman–Crippen MR) is 58.5 cm³/mol. The van der Waals surface area contributed by atoms with Crippen LogP contribution in [0.25, 0.3) is 0 Å².